The van der Waals surface area contributed by atoms with Crippen LogP contribution in [0.25, 0.3) is 0 Å². The predicted octanol–water partition coefficient (Wildman–Crippen LogP) is 4.79. The Labute approximate surface area is 187 Å². The number of likely N-dealkylation sites (tertiary alicyclic amines) is 1. The van der Waals surface area contributed by atoms with Gasteiger partial charge in [-0.05, 0) is 41.8 Å². The van der Waals surface area contributed by atoms with Crippen LogP contribution < -0.4 is 4.72 Å². The Bertz CT molecular complexity index is 1060. The van der Waals surface area contributed by atoms with Gasteiger partial charge in [-0.1, -0.05) is 76.6 Å². The number of piperidine rings is 1. The third-order valence-corrected chi connectivity index (χ3v) is 7.64. The summed E-state index contributed by atoms with van der Waals surface area (Å²) in [5, 5.41) is 0. The first-order valence-corrected chi connectivity index (χ1v) is 12.4. The van der Waals surface area contributed by atoms with Gasteiger partial charge < -0.3 is 0 Å². The minimum absolute atomic E-state index is 0.0916. The summed E-state index contributed by atoms with van der Waals surface area (Å²) >= 11 is 3.36. The van der Waals surface area contributed by atoms with E-state index in [9.17, 15) is 8.42 Å². The number of nitrogens with zero attached hydrogens (tertiary/aromatic N) is 1. The van der Waals surface area contributed by atoms with Crippen LogP contribution >= 0.6 is 15.9 Å². The first-order chi connectivity index (χ1) is 14.5. The Morgan fingerprint density at radius 3 is 2.20 bits per heavy atom. The third kappa shape index (κ3) is 5.19. The fourth-order valence-corrected chi connectivity index (χ4v) is 5.64. The lowest BCUT2D eigenvalue weighted by Crippen LogP contribution is -2.49. The number of rotatable bonds is 6. The van der Waals surface area contributed by atoms with Crippen LogP contribution in [-0.2, 0) is 16.6 Å². The molecular weight excluding hydrogens is 460 g/mol. The number of sulfonamides is 1. The monoisotopic (exact) mass is 484 g/mol. The molecule has 4 rings (SSSR count). The molecule has 3 aromatic carbocycles. The van der Waals surface area contributed by atoms with Crippen molar-refractivity contribution in [2.24, 2.45) is 0 Å². The molecule has 6 heteroatoms. The average Bonchev–Trinajstić information content (AvgIpc) is 2.76. The van der Waals surface area contributed by atoms with Crippen molar-refractivity contribution in [2.45, 2.75) is 29.8 Å². The molecule has 2 atom stereocenters. The van der Waals surface area contributed by atoms with Gasteiger partial charge in [0, 0.05) is 36.1 Å². The summed E-state index contributed by atoms with van der Waals surface area (Å²) in [7, 11) is -3.58. The molecule has 1 fully saturated rings. The van der Waals surface area contributed by atoms with Crippen LogP contribution in [0.1, 0.15) is 23.5 Å². The Balaban J connectivity index is 1.55. The van der Waals surface area contributed by atoms with Crippen molar-refractivity contribution in [2.75, 3.05) is 13.1 Å². The summed E-state index contributed by atoms with van der Waals surface area (Å²) in [6.45, 7) is 2.54. The van der Waals surface area contributed by atoms with Crippen molar-refractivity contribution in [3.63, 3.8) is 0 Å². The van der Waals surface area contributed by atoms with Crippen molar-refractivity contribution in [3.05, 3.63) is 101 Å². The highest BCUT2D eigenvalue weighted by Gasteiger charge is 2.33. The van der Waals surface area contributed by atoms with E-state index in [1.54, 1.807) is 24.3 Å². The fraction of sp³-hybridized carbons (Fsp3) is 0.250. The molecule has 1 aliphatic rings. The number of hydrogen-bond donors (Lipinski definition) is 1. The van der Waals surface area contributed by atoms with Gasteiger partial charge in [-0.2, -0.15) is 0 Å². The first kappa shape index (κ1) is 21.2. The zero-order valence-electron chi connectivity index (χ0n) is 16.6. The third-order valence-electron chi connectivity index (χ3n) is 5.60. The molecule has 0 radical (unpaired) electrons. The van der Waals surface area contributed by atoms with E-state index in [1.807, 2.05) is 24.3 Å². The molecule has 0 saturated carbocycles. The first-order valence-electron chi connectivity index (χ1n) is 10.1. The number of hydrogen-bond acceptors (Lipinski definition) is 3. The molecule has 1 aliphatic heterocycles. The normalized spacial score (nSPS) is 20.2. The van der Waals surface area contributed by atoms with E-state index in [0.29, 0.717) is 4.90 Å². The smallest absolute Gasteiger partial charge is 0.240 e. The van der Waals surface area contributed by atoms with Gasteiger partial charge in [0.25, 0.3) is 0 Å². The van der Waals surface area contributed by atoms with E-state index in [-0.39, 0.29) is 12.0 Å². The molecule has 4 nitrogen and oxygen atoms in total. The topological polar surface area (TPSA) is 49.4 Å². The van der Waals surface area contributed by atoms with E-state index in [2.05, 4.69) is 62.0 Å². The number of nitrogens with one attached hydrogen (secondary N) is 1. The Morgan fingerprint density at radius 1 is 0.900 bits per heavy atom. The van der Waals surface area contributed by atoms with E-state index in [0.717, 1.165) is 30.5 Å². The molecule has 1 saturated heterocycles. The molecule has 0 spiro atoms. The SMILES string of the molecule is O=S(=O)(N[C@@H]1CCN(Cc2ccccc2)C[C@@H]1c1ccccc1)c1ccc(Br)cc1. The van der Waals surface area contributed by atoms with Gasteiger partial charge in [-0.15, -0.1) is 0 Å². The van der Waals surface area contributed by atoms with Crippen LogP contribution in [-0.4, -0.2) is 32.4 Å². The van der Waals surface area contributed by atoms with Crippen molar-refractivity contribution >= 4 is 26.0 Å². The van der Waals surface area contributed by atoms with Gasteiger partial charge in [0.1, 0.15) is 0 Å². The zero-order valence-corrected chi connectivity index (χ0v) is 19.0. The standard InChI is InChI=1S/C24H25BrN2O2S/c25-21-11-13-22(14-12-21)30(28,29)26-24-15-16-27(17-19-7-3-1-4-8-19)18-23(24)20-9-5-2-6-10-20/h1-14,23-24,26H,15-18H2/t23-,24-/m1/s1. The largest absolute Gasteiger partial charge is 0.298 e. The van der Waals surface area contributed by atoms with Crippen LogP contribution in [0.4, 0.5) is 0 Å². The summed E-state index contributed by atoms with van der Waals surface area (Å²) in [5.74, 6) is 0.0916. The molecule has 156 valence electrons. The zero-order chi connectivity index (χ0) is 21.0. The molecule has 0 amide bonds. The maximum absolute atomic E-state index is 13.0. The van der Waals surface area contributed by atoms with Gasteiger partial charge >= 0.3 is 0 Å². The van der Waals surface area contributed by atoms with E-state index in [4.69, 9.17) is 0 Å². The van der Waals surface area contributed by atoms with Gasteiger partial charge in [0.05, 0.1) is 4.90 Å². The summed E-state index contributed by atoms with van der Waals surface area (Å²) in [5.41, 5.74) is 2.44. The van der Waals surface area contributed by atoms with Crippen LogP contribution in [0.5, 0.6) is 0 Å². The Morgan fingerprint density at radius 2 is 1.53 bits per heavy atom. The van der Waals surface area contributed by atoms with E-state index in [1.165, 1.54) is 11.1 Å². The van der Waals surface area contributed by atoms with Crippen LogP contribution in [0.15, 0.2) is 94.3 Å². The fourth-order valence-electron chi connectivity index (χ4n) is 4.06. The molecule has 0 aliphatic carbocycles. The summed E-state index contributed by atoms with van der Waals surface area (Å²) in [6, 6.07) is 27.3. The number of halogens is 1. The highest BCUT2D eigenvalue weighted by atomic mass is 79.9. The molecule has 0 aromatic heterocycles. The molecule has 1 N–H and O–H groups in total. The second-order valence-electron chi connectivity index (χ2n) is 7.71. The number of benzene rings is 3. The van der Waals surface area contributed by atoms with Gasteiger partial charge in [-0.3, -0.25) is 4.90 Å². The highest BCUT2D eigenvalue weighted by Crippen LogP contribution is 2.29. The van der Waals surface area contributed by atoms with Crippen LogP contribution in [0, 0.1) is 0 Å². The average molecular weight is 485 g/mol. The van der Waals surface area contributed by atoms with E-state index >= 15 is 0 Å². The minimum atomic E-state index is -3.58. The van der Waals surface area contributed by atoms with Gasteiger partial charge in [-0.25, -0.2) is 13.1 Å². The lowest BCUT2D eigenvalue weighted by atomic mass is 9.86. The van der Waals surface area contributed by atoms with Crippen LogP contribution in [0.3, 0.4) is 0 Å². The lowest BCUT2D eigenvalue weighted by molar-refractivity contribution is 0.177. The maximum Gasteiger partial charge on any atom is 0.240 e. The molecular formula is C24H25BrN2O2S. The van der Waals surface area contributed by atoms with Crippen molar-refractivity contribution < 1.29 is 8.42 Å². The van der Waals surface area contributed by atoms with Gasteiger partial charge in [0.2, 0.25) is 10.0 Å². The Hall–Kier alpha value is -1.99. The Kier molecular flexibility index (Phi) is 6.68. The lowest BCUT2D eigenvalue weighted by Gasteiger charge is -2.39. The van der Waals surface area contributed by atoms with E-state index < -0.39 is 10.0 Å². The van der Waals surface area contributed by atoms with Crippen molar-refractivity contribution in [3.8, 4) is 0 Å². The molecule has 0 unspecified atom stereocenters. The maximum atomic E-state index is 13.0. The molecule has 0 bridgehead atoms. The highest BCUT2D eigenvalue weighted by molar-refractivity contribution is 9.10. The second-order valence-corrected chi connectivity index (χ2v) is 10.3. The predicted molar refractivity (Wildman–Crippen MR) is 124 cm³/mol. The summed E-state index contributed by atoms with van der Waals surface area (Å²) in [6.07, 6.45) is 0.766. The van der Waals surface area contributed by atoms with Gasteiger partial charge in [0.15, 0.2) is 0 Å². The second kappa shape index (κ2) is 9.43. The molecule has 3 aromatic rings. The molecule has 1 heterocycles. The molecule has 30 heavy (non-hydrogen) atoms. The quantitative estimate of drug-likeness (QED) is 0.547. The van der Waals surface area contributed by atoms with Crippen molar-refractivity contribution in [1.29, 1.82) is 0 Å². The summed E-state index contributed by atoms with van der Waals surface area (Å²) < 4.78 is 29.9. The van der Waals surface area contributed by atoms with Crippen LogP contribution in [0.2, 0.25) is 0 Å². The summed E-state index contributed by atoms with van der Waals surface area (Å²) in [4.78, 5) is 2.71. The van der Waals surface area contributed by atoms with Crippen molar-refractivity contribution in [1.82, 2.24) is 9.62 Å². The minimum Gasteiger partial charge on any atom is -0.298 e.